The van der Waals surface area contributed by atoms with Crippen LogP contribution in [0.3, 0.4) is 0 Å². The Labute approximate surface area is 191 Å². The predicted molar refractivity (Wildman–Crippen MR) is 127 cm³/mol. The van der Waals surface area contributed by atoms with Crippen LogP contribution < -0.4 is 5.32 Å². The number of nitrogens with zero attached hydrogens (tertiary/aromatic N) is 2. The molecule has 1 amide bonds. The first kappa shape index (κ1) is 22.8. The number of benzene rings is 2. The molecule has 0 radical (unpaired) electrons. The minimum atomic E-state index is -4.21. The van der Waals surface area contributed by atoms with Gasteiger partial charge in [0, 0.05) is 23.1 Å². The number of fused-ring (bicyclic) bond motifs is 3. The van der Waals surface area contributed by atoms with Crippen molar-refractivity contribution in [1.82, 2.24) is 10.3 Å². The van der Waals surface area contributed by atoms with Crippen LogP contribution in [0, 0.1) is 0 Å². The molecule has 1 aromatic heterocycles. The average molecular weight is 466 g/mol. The third-order valence-electron chi connectivity index (χ3n) is 6.03. The highest BCUT2D eigenvalue weighted by Gasteiger charge is 2.34. The maximum Gasteiger partial charge on any atom is 0.269 e. The van der Waals surface area contributed by atoms with Crippen molar-refractivity contribution in [1.29, 1.82) is 0 Å². The van der Waals surface area contributed by atoms with Gasteiger partial charge in [0.15, 0.2) is 6.29 Å². The van der Waals surface area contributed by atoms with E-state index in [-0.39, 0.29) is 23.3 Å². The van der Waals surface area contributed by atoms with Crippen LogP contribution in [0.2, 0.25) is 0 Å². The Balaban J connectivity index is 1.85. The molecule has 2 aromatic carbocycles. The van der Waals surface area contributed by atoms with Crippen molar-refractivity contribution in [3.8, 4) is 11.1 Å². The van der Waals surface area contributed by atoms with E-state index in [0.29, 0.717) is 11.8 Å². The summed E-state index contributed by atoms with van der Waals surface area (Å²) < 4.78 is 30.7. The van der Waals surface area contributed by atoms with Crippen LogP contribution >= 0.6 is 0 Å². The molecule has 33 heavy (non-hydrogen) atoms. The van der Waals surface area contributed by atoms with E-state index >= 15 is 0 Å². The Kier molecular flexibility index (Phi) is 5.63. The Hall–Kier alpha value is -3.43. The molecule has 0 atom stereocenters. The van der Waals surface area contributed by atoms with E-state index in [1.807, 2.05) is 37.3 Å². The van der Waals surface area contributed by atoms with E-state index in [9.17, 15) is 18.0 Å². The summed E-state index contributed by atoms with van der Waals surface area (Å²) in [6.07, 6.45) is 0.561. The smallest absolute Gasteiger partial charge is 0.269 e. The summed E-state index contributed by atoms with van der Waals surface area (Å²) in [5.74, 6) is -1.27. The first-order chi connectivity index (χ1) is 15.5. The largest absolute Gasteiger partial charge is 0.350 e. The van der Waals surface area contributed by atoms with Crippen LogP contribution in [-0.2, 0) is 15.5 Å². The molecule has 0 aliphatic carbocycles. The highest BCUT2D eigenvalue weighted by Crippen LogP contribution is 2.47. The second-order valence-electron chi connectivity index (χ2n) is 8.51. The maximum atomic E-state index is 12.6. The molecule has 2 N–H and O–H groups in total. The molecular weight excluding hydrogens is 442 g/mol. The Bertz CT molecular complexity index is 1440. The minimum absolute atomic E-state index is 0.0267. The zero-order chi connectivity index (χ0) is 24.0. The number of hydrogen-bond donors (Lipinski definition) is 2. The summed E-state index contributed by atoms with van der Waals surface area (Å²) >= 11 is 0. The third kappa shape index (κ3) is 4.29. The van der Waals surface area contributed by atoms with Crippen LogP contribution in [0.5, 0.6) is 0 Å². The van der Waals surface area contributed by atoms with Crippen LogP contribution in [0.15, 0.2) is 47.5 Å². The van der Waals surface area contributed by atoms with Gasteiger partial charge in [-0.3, -0.25) is 19.1 Å². The number of rotatable bonds is 6. The lowest BCUT2D eigenvalue weighted by Gasteiger charge is -2.22. The van der Waals surface area contributed by atoms with Gasteiger partial charge in [0.25, 0.3) is 16.0 Å². The van der Waals surface area contributed by atoms with E-state index in [4.69, 9.17) is 9.55 Å². The van der Waals surface area contributed by atoms with Gasteiger partial charge in [0.1, 0.15) is 11.4 Å². The van der Waals surface area contributed by atoms with E-state index in [0.717, 1.165) is 33.3 Å². The van der Waals surface area contributed by atoms with Gasteiger partial charge in [-0.2, -0.15) is 8.42 Å². The van der Waals surface area contributed by atoms with Gasteiger partial charge < -0.3 is 5.32 Å². The predicted octanol–water partition coefficient (Wildman–Crippen LogP) is 3.72. The fourth-order valence-corrected chi connectivity index (χ4v) is 4.33. The van der Waals surface area contributed by atoms with Crippen molar-refractivity contribution in [2.45, 2.75) is 26.2 Å². The van der Waals surface area contributed by atoms with Gasteiger partial charge in [-0.25, -0.2) is 4.98 Å². The van der Waals surface area contributed by atoms with Crippen LogP contribution in [0.4, 0.5) is 5.69 Å². The Morgan fingerprint density at radius 2 is 1.85 bits per heavy atom. The van der Waals surface area contributed by atoms with Gasteiger partial charge in [-0.05, 0) is 47.2 Å². The number of hydrogen-bond acceptors (Lipinski definition) is 6. The van der Waals surface area contributed by atoms with Crippen molar-refractivity contribution >= 4 is 44.5 Å². The second-order valence-corrected chi connectivity index (χ2v) is 10.1. The standard InChI is InChI=1S/C24H23N3O5S/c1-14-24(2,3)20-12-19(17-6-4-5-7-18(17)22(20)26-14)15-10-16(13-28)27-21(11-15)23(29)25-8-9-33(30,31)32/h4-7,10-13H,8-9H2,1-3H3,(H,25,29)(H,30,31,32). The molecule has 0 saturated heterocycles. The van der Waals surface area contributed by atoms with Gasteiger partial charge in [-0.15, -0.1) is 0 Å². The van der Waals surface area contributed by atoms with Crippen molar-refractivity contribution in [2.24, 2.45) is 4.99 Å². The number of pyridine rings is 1. The molecule has 1 aliphatic heterocycles. The molecule has 8 nitrogen and oxygen atoms in total. The summed E-state index contributed by atoms with van der Waals surface area (Å²) in [7, 11) is -4.21. The highest BCUT2D eigenvalue weighted by atomic mass is 32.2. The number of nitrogens with one attached hydrogen (secondary N) is 1. The van der Waals surface area contributed by atoms with Gasteiger partial charge in [0.05, 0.1) is 11.4 Å². The normalized spacial score (nSPS) is 14.6. The van der Waals surface area contributed by atoms with Crippen LogP contribution in [-0.4, -0.2) is 48.2 Å². The lowest BCUT2D eigenvalue weighted by molar-refractivity contribution is 0.0951. The van der Waals surface area contributed by atoms with E-state index in [1.54, 1.807) is 12.1 Å². The molecule has 1 aliphatic rings. The summed E-state index contributed by atoms with van der Waals surface area (Å²) in [6, 6.07) is 13.1. The third-order valence-corrected chi connectivity index (χ3v) is 6.75. The summed E-state index contributed by atoms with van der Waals surface area (Å²) in [6.45, 7) is 5.92. The maximum absolute atomic E-state index is 12.6. The molecule has 3 aromatic rings. The SMILES string of the molecule is CC1=Nc2c(cc(-c3cc(C=O)nc(C(=O)NCCS(=O)(=O)O)c3)c3ccccc23)C1(C)C. The molecule has 0 spiro atoms. The van der Waals surface area contributed by atoms with Crippen molar-refractivity contribution in [3.05, 3.63) is 59.4 Å². The molecule has 0 fully saturated rings. The monoisotopic (exact) mass is 465 g/mol. The first-order valence-corrected chi connectivity index (χ1v) is 11.9. The Morgan fingerprint density at radius 3 is 2.52 bits per heavy atom. The number of aromatic nitrogens is 1. The summed E-state index contributed by atoms with van der Waals surface area (Å²) in [5.41, 5.74) is 4.21. The molecule has 4 rings (SSSR count). The van der Waals surface area contributed by atoms with Gasteiger partial charge >= 0.3 is 0 Å². The lowest BCUT2D eigenvalue weighted by Crippen LogP contribution is -2.29. The van der Waals surface area contributed by atoms with E-state index < -0.39 is 21.8 Å². The van der Waals surface area contributed by atoms with Crippen molar-refractivity contribution in [2.75, 3.05) is 12.3 Å². The summed E-state index contributed by atoms with van der Waals surface area (Å²) in [4.78, 5) is 33.1. The van der Waals surface area contributed by atoms with Gasteiger partial charge in [-0.1, -0.05) is 38.1 Å². The molecule has 170 valence electrons. The number of carbonyl (C=O) groups excluding carboxylic acids is 2. The number of aldehydes is 1. The molecule has 9 heteroatoms. The quantitative estimate of drug-likeness (QED) is 0.422. The van der Waals surface area contributed by atoms with Crippen LogP contribution in [0.25, 0.3) is 21.9 Å². The lowest BCUT2D eigenvalue weighted by atomic mass is 9.79. The number of amides is 1. The average Bonchev–Trinajstić information content (AvgIpc) is 3.00. The fraction of sp³-hybridized carbons (Fsp3) is 0.250. The van der Waals surface area contributed by atoms with Gasteiger partial charge in [0.2, 0.25) is 0 Å². The topological polar surface area (TPSA) is 126 Å². The summed E-state index contributed by atoms with van der Waals surface area (Å²) in [5, 5.41) is 4.30. The molecular formula is C24H23N3O5S. The van der Waals surface area contributed by atoms with Crippen molar-refractivity contribution in [3.63, 3.8) is 0 Å². The molecule has 0 unspecified atom stereocenters. The zero-order valence-corrected chi connectivity index (χ0v) is 19.2. The van der Waals surface area contributed by atoms with Crippen LogP contribution in [0.1, 0.15) is 47.3 Å². The second kappa shape index (κ2) is 8.17. The van der Waals surface area contributed by atoms with Crippen molar-refractivity contribution < 1.29 is 22.6 Å². The first-order valence-electron chi connectivity index (χ1n) is 10.3. The Morgan fingerprint density at radius 1 is 1.15 bits per heavy atom. The highest BCUT2D eigenvalue weighted by molar-refractivity contribution is 7.85. The van der Waals surface area contributed by atoms with E-state index in [1.165, 1.54) is 0 Å². The number of carbonyl (C=O) groups is 2. The molecule has 0 bridgehead atoms. The fourth-order valence-electron chi connectivity index (χ4n) is 3.97. The molecule has 2 heterocycles. The zero-order valence-electron chi connectivity index (χ0n) is 18.4. The molecule has 0 saturated carbocycles. The number of aliphatic imine (C=N–C) groups is 1. The minimum Gasteiger partial charge on any atom is -0.350 e. The van der Waals surface area contributed by atoms with E-state index in [2.05, 4.69) is 24.1 Å².